The Balaban J connectivity index is 0.000000235. The summed E-state index contributed by atoms with van der Waals surface area (Å²) in [7, 11) is 1.26. The number of carboxylic acid groups (broad SMARTS) is 1. The number of ether oxygens (including phenoxy) is 1. The molecule has 0 fully saturated rings. The number of nitrogens with two attached hydrogens (primary N) is 2. The first-order chi connectivity index (χ1) is 20.6. The Bertz CT molecular complexity index is 2000. The zero-order valence-electron chi connectivity index (χ0n) is 23.8. The first kappa shape index (κ1) is 35.1. The molecule has 6 aromatic rings. The Labute approximate surface area is 286 Å². The van der Waals surface area contributed by atoms with Crippen LogP contribution < -0.4 is 41.0 Å². The summed E-state index contributed by atoms with van der Waals surface area (Å²) in [5, 5.41) is 19.6. The number of aromatic carboxylic acids is 1. The summed E-state index contributed by atoms with van der Waals surface area (Å²) >= 11 is 11.9. The van der Waals surface area contributed by atoms with Gasteiger partial charge in [0.05, 0.1) is 41.3 Å². The van der Waals surface area contributed by atoms with Crippen molar-refractivity contribution >= 4 is 68.8 Å². The van der Waals surface area contributed by atoms with Gasteiger partial charge in [-0.2, -0.15) is 9.97 Å². The standard InChI is InChI=1S/C14H12ClN5O2.C13H10ClN5O2.Na.H2O/c1-22-13(21)12-18-14(16)20(19-12)7-8-2-3-11-9(4-8)5-10(15)6-17-11;14-9-4-8-3-7(1-2-10(8)16-5-9)6-19-13(15)17-11(18-19)12(20)21;;/h2-6H,7H2,1H3,(H2,16,18,19);1-5H,6H2,(H,20,21)(H2,15,17,18);;1H2/q;;+1;/p-1. The van der Waals surface area contributed by atoms with Crippen molar-refractivity contribution in [3.05, 3.63) is 93.7 Å². The van der Waals surface area contributed by atoms with Crippen molar-refractivity contribution in [2.75, 3.05) is 18.6 Å². The average molecular weight is 661 g/mol. The maximum Gasteiger partial charge on any atom is 1.00 e. The van der Waals surface area contributed by atoms with Gasteiger partial charge < -0.3 is 26.8 Å². The first-order valence-corrected chi connectivity index (χ1v) is 13.2. The number of rotatable bonds is 6. The molecule has 0 bridgehead atoms. The molecule has 0 saturated carbocycles. The monoisotopic (exact) mass is 660 g/mol. The molecule has 0 unspecified atom stereocenters. The van der Waals surface area contributed by atoms with Gasteiger partial charge in [-0.3, -0.25) is 9.97 Å². The van der Waals surface area contributed by atoms with E-state index in [1.54, 1.807) is 18.5 Å². The van der Waals surface area contributed by atoms with Crippen LogP contribution in [0.2, 0.25) is 10.0 Å². The number of hydrogen-bond donors (Lipinski definition) is 3. The summed E-state index contributed by atoms with van der Waals surface area (Å²) in [6.45, 7) is 0.687. The second kappa shape index (κ2) is 15.1. The maximum absolute atomic E-state index is 11.4. The summed E-state index contributed by atoms with van der Waals surface area (Å²) < 4.78 is 7.34. The summed E-state index contributed by atoms with van der Waals surface area (Å²) in [5.74, 6) is -2.03. The van der Waals surface area contributed by atoms with Crippen LogP contribution >= 0.6 is 23.2 Å². The summed E-state index contributed by atoms with van der Waals surface area (Å²) in [6.07, 6.45) is 3.18. The summed E-state index contributed by atoms with van der Waals surface area (Å²) in [4.78, 5) is 38.2. The molecule has 4 aromatic heterocycles. The fourth-order valence-electron chi connectivity index (χ4n) is 4.06. The topological polar surface area (TPSA) is 233 Å². The van der Waals surface area contributed by atoms with E-state index in [2.05, 4.69) is 34.9 Å². The smallest absolute Gasteiger partial charge is 0.870 e. The van der Waals surface area contributed by atoms with E-state index in [9.17, 15) is 9.59 Å². The van der Waals surface area contributed by atoms with Crippen LogP contribution in [0.4, 0.5) is 11.9 Å². The van der Waals surface area contributed by atoms with Gasteiger partial charge in [0, 0.05) is 23.2 Å². The minimum absolute atomic E-state index is 0. The fourth-order valence-corrected chi connectivity index (χ4v) is 4.39. The van der Waals surface area contributed by atoms with Gasteiger partial charge in [0.15, 0.2) is 0 Å². The van der Waals surface area contributed by atoms with E-state index < -0.39 is 11.9 Å². The summed E-state index contributed by atoms with van der Waals surface area (Å²) in [5.41, 5.74) is 14.9. The van der Waals surface area contributed by atoms with Crippen molar-refractivity contribution < 1.29 is 54.5 Å². The number of carbonyl (C=O) groups is 2. The number of carbonyl (C=O) groups excluding carboxylic acids is 1. The number of carboxylic acids is 1. The number of halogens is 2. The van der Waals surface area contributed by atoms with Crippen LogP contribution in [-0.2, 0) is 17.8 Å². The third kappa shape index (κ3) is 8.42. The van der Waals surface area contributed by atoms with Gasteiger partial charge in [-0.1, -0.05) is 35.3 Å². The Morgan fingerprint density at radius 2 is 1.24 bits per heavy atom. The molecule has 226 valence electrons. The van der Waals surface area contributed by atoms with Gasteiger partial charge in [-0.05, 0) is 47.5 Å². The van der Waals surface area contributed by atoms with Crippen LogP contribution in [0.1, 0.15) is 32.4 Å². The number of anilines is 2. The molecular formula is C27H23Cl2N10NaO5. The molecule has 18 heteroatoms. The number of fused-ring (bicyclic) bond motifs is 2. The van der Waals surface area contributed by atoms with Gasteiger partial charge in [-0.25, -0.2) is 19.0 Å². The van der Waals surface area contributed by atoms with Gasteiger partial charge in [0.2, 0.25) is 11.9 Å². The Kier molecular flexibility index (Phi) is 11.8. The third-order valence-electron chi connectivity index (χ3n) is 6.05. The largest absolute Gasteiger partial charge is 1.00 e. The molecule has 0 amide bonds. The summed E-state index contributed by atoms with van der Waals surface area (Å²) in [6, 6.07) is 15.0. The molecule has 45 heavy (non-hydrogen) atoms. The minimum atomic E-state index is -1.21. The predicted octanol–water partition coefficient (Wildman–Crippen LogP) is 0.532. The van der Waals surface area contributed by atoms with E-state index in [0.717, 1.165) is 32.9 Å². The van der Waals surface area contributed by atoms with Crippen molar-refractivity contribution in [3.63, 3.8) is 0 Å². The van der Waals surface area contributed by atoms with E-state index in [1.165, 1.54) is 16.5 Å². The van der Waals surface area contributed by atoms with Crippen LogP contribution in [0.25, 0.3) is 21.8 Å². The molecule has 4 heterocycles. The van der Waals surface area contributed by atoms with Crippen molar-refractivity contribution in [2.45, 2.75) is 13.1 Å². The SMILES string of the molecule is COC(=O)c1nc(N)n(Cc2ccc3ncc(Cl)cc3c2)n1.Nc1nc(C(=O)O)nn1Cc1ccc2ncc(Cl)cc2c1.[Na+].[OH-]. The molecule has 0 radical (unpaired) electrons. The predicted molar refractivity (Wildman–Crippen MR) is 161 cm³/mol. The van der Waals surface area contributed by atoms with Crippen LogP contribution in [0.15, 0.2) is 60.9 Å². The Hall–Kier alpha value is -4.38. The zero-order chi connectivity index (χ0) is 30.7. The molecule has 2 aromatic carbocycles. The number of benzene rings is 2. The van der Waals surface area contributed by atoms with Gasteiger partial charge in [-0.15, -0.1) is 10.2 Å². The molecule has 15 nitrogen and oxygen atoms in total. The molecule has 0 aliphatic rings. The number of pyridine rings is 2. The van der Waals surface area contributed by atoms with Crippen LogP contribution in [0, 0.1) is 0 Å². The van der Waals surface area contributed by atoms with Gasteiger partial charge in [0.25, 0.3) is 11.6 Å². The van der Waals surface area contributed by atoms with Crippen molar-refractivity contribution in [2.24, 2.45) is 0 Å². The van der Waals surface area contributed by atoms with Gasteiger partial charge >= 0.3 is 41.5 Å². The van der Waals surface area contributed by atoms with E-state index >= 15 is 0 Å². The molecular weight excluding hydrogens is 638 g/mol. The molecule has 6 rings (SSSR count). The number of esters is 1. The molecule has 0 atom stereocenters. The molecule has 0 spiro atoms. The van der Waals surface area contributed by atoms with E-state index in [0.29, 0.717) is 23.1 Å². The number of nitrogen functional groups attached to an aromatic ring is 2. The number of nitrogens with zero attached hydrogens (tertiary/aromatic N) is 8. The van der Waals surface area contributed by atoms with Crippen molar-refractivity contribution in [1.82, 2.24) is 39.5 Å². The molecule has 0 aliphatic heterocycles. The quantitative estimate of drug-likeness (QED) is 0.164. The second-order valence-corrected chi connectivity index (χ2v) is 9.93. The molecule has 0 aliphatic carbocycles. The Morgan fingerprint density at radius 1 is 0.800 bits per heavy atom. The van der Waals surface area contributed by atoms with Crippen LogP contribution in [0.5, 0.6) is 0 Å². The number of aromatic nitrogens is 8. The number of hydrogen-bond acceptors (Lipinski definition) is 12. The second-order valence-electron chi connectivity index (χ2n) is 9.06. The third-order valence-corrected chi connectivity index (χ3v) is 6.46. The normalized spacial score (nSPS) is 10.4. The first-order valence-electron chi connectivity index (χ1n) is 12.4. The van der Waals surface area contributed by atoms with E-state index in [-0.39, 0.29) is 58.6 Å². The van der Waals surface area contributed by atoms with E-state index in [4.69, 9.17) is 39.8 Å². The number of methoxy groups -OCH3 is 1. The minimum Gasteiger partial charge on any atom is -0.870 e. The average Bonchev–Trinajstić information content (AvgIpc) is 3.54. The Morgan fingerprint density at radius 3 is 1.67 bits per heavy atom. The maximum atomic E-state index is 11.4. The van der Waals surface area contributed by atoms with Crippen molar-refractivity contribution in [1.29, 1.82) is 0 Å². The van der Waals surface area contributed by atoms with Gasteiger partial charge in [0.1, 0.15) is 0 Å². The fraction of sp³-hybridized carbons (Fsp3) is 0.111. The van der Waals surface area contributed by atoms with E-state index in [1.807, 2.05) is 42.5 Å². The zero-order valence-corrected chi connectivity index (χ0v) is 27.3. The van der Waals surface area contributed by atoms with Crippen molar-refractivity contribution in [3.8, 4) is 0 Å². The molecule has 0 saturated heterocycles. The van der Waals surface area contributed by atoms with Crippen LogP contribution in [-0.4, -0.2) is 69.1 Å². The van der Waals surface area contributed by atoms with Crippen LogP contribution in [0.3, 0.4) is 0 Å². The molecule has 6 N–H and O–H groups in total.